The molecule has 3 fully saturated rings. The van der Waals surface area contributed by atoms with E-state index in [1.165, 1.54) is 62.9 Å². The van der Waals surface area contributed by atoms with Crippen molar-refractivity contribution in [3.63, 3.8) is 0 Å². The van der Waals surface area contributed by atoms with E-state index in [-0.39, 0.29) is 94.3 Å². The molecule has 6 aliphatic carbocycles. The summed E-state index contributed by atoms with van der Waals surface area (Å²) in [5, 5.41) is 0. The first kappa shape index (κ1) is 97.3. The molecule has 6 aromatic carbocycles. The molecular formula is C107H141N7O16S3. The van der Waals surface area contributed by atoms with E-state index < -0.39 is 53.2 Å². The second-order valence-electron chi connectivity index (χ2n) is 40.3. The Hall–Kier alpha value is -8.79. The van der Waals surface area contributed by atoms with Crippen molar-refractivity contribution in [3.8, 4) is 17.2 Å². The number of anilines is 3. The van der Waals surface area contributed by atoms with Gasteiger partial charge < -0.3 is 47.9 Å². The van der Waals surface area contributed by atoms with Crippen LogP contribution in [0.4, 0.5) is 21.9 Å². The number of allylic oxidation sites excluding steroid dienone is 1. The van der Waals surface area contributed by atoms with Crippen LogP contribution in [0, 0.1) is 56.3 Å². The molecule has 6 heterocycles. The number of Topliss-reactive ketones (excluding diaryl/α,β-unsaturated/α-hetero) is 2. The molecule has 718 valence electrons. The van der Waals surface area contributed by atoms with Crippen molar-refractivity contribution in [3.05, 3.63) is 188 Å². The summed E-state index contributed by atoms with van der Waals surface area (Å²) in [6.45, 7) is 18.5. The number of carbonyl (C=O) groups is 6. The molecular weight excluding hydrogens is 1740 g/mol. The van der Waals surface area contributed by atoms with E-state index in [1.54, 1.807) is 46.1 Å². The highest BCUT2D eigenvalue weighted by molar-refractivity contribution is 7.95. The van der Waals surface area contributed by atoms with Crippen molar-refractivity contribution >= 4 is 81.8 Å². The van der Waals surface area contributed by atoms with Gasteiger partial charge in [-0.3, -0.25) is 24.0 Å². The molecule has 133 heavy (non-hydrogen) atoms. The average molecular weight is 1880 g/mol. The number of ether oxygens (including phenoxy) is 7. The number of benzene rings is 6. The number of aryl methyl sites for hydroxylation is 6. The van der Waals surface area contributed by atoms with Crippen LogP contribution in [-0.2, 0) is 93.4 Å². The second kappa shape index (κ2) is 42.4. The van der Waals surface area contributed by atoms with Gasteiger partial charge in [0.25, 0.3) is 17.7 Å². The summed E-state index contributed by atoms with van der Waals surface area (Å²) in [4.78, 5) is 85.4. The SMILES string of the molecule is CCC(=O)C[S@@]1(=O)=NC(=O)c2ccc3c(c2)N(C[C@@H]2CC[C@H]2[C@@H](OC)CCCCC1)C[C@@]1(CCCc2cc(C)ccc21)CO3.CCC(=O)C[S@]1(=O)=NC(=O)c2ccc3c(c2)N(C[C@@H]2CC[C@H]2[C@@H](OC)CCCCC1)C[C@@]1(CCCc2cc(C)ccc21)CO3.CCOC(=O)NS1(=O)=NC(=O)c2ccc3c(c2)N(C[C@@H]2CC[C@H]2[C@@H](OC)/C=C/CCC1)C[C@@]1(CCCc2cc(C)ccc21)CO3. The zero-order chi connectivity index (χ0) is 93.4. The number of nitrogens with one attached hydrogen (secondary N) is 1. The number of amides is 4. The molecule has 1 N–H and O–H groups in total. The highest BCUT2D eigenvalue weighted by Gasteiger charge is 2.50. The lowest BCUT2D eigenvalue weighted by Gasteiger charge is -2.46. The number of rotatable bonds is 11. The predicted molar refractivity (Wildman–Crippen MR) is 526 cm³/mol. The van der Waals surface area contributed by atoms with Crippen molar-refractivity contribution in [1.29, 1.82) is 0 Å². The Morgan fingerprint density at radius 1 is 0.444 bits per heavy atom. The molecule has 0 radical (unpaired) electrons. The van der Waals surface area contributed by atoms with E-state index in [4.69, 9.17) is 33.2 Å². The summed E-state index contributed by atoms with van der Waals surface area (Å²) in [5.74, 6) is 3.38. The van der Waals surface area contributed by atoms with Crippen LogP contribution in [0.2, 0.25) is 0 Å². The molecule has 1 unspecified atom stereocenters. The zero-order valence-corrected chi connectivity index (χ0v) is 82.3. The van der Waals surface area contributed by atoms with E-state index in [0.29, 0.717) is 97.7 Å². The third-order valence-electron chi connectivity index (χ3n) is 31.3. The molecule has 4 amide bonds. The van der Waals surface area contributed by atoms with Crippen molar-refractivity contribution in [1.82, 2.24) is 4.72 Å². The largest absolute Gasteiger partial charge is 0.490 e. The van der Waals surface area contributed by atoms with Crippen molar-refractivity contribution in [2.24, 2.45) is 48.6 Å². The molecule has 12 aliphatic rings. The van der Waals surface area contributed by atoms with Crippen LogP contribution in [0.1, 0.15) is 256 Å². The maximum atomic E-state index is 13.9. The fourth-order valence-corrected chi connectivity index (χ4v) is 29.3. The van der Waals surface area contributed by atoms with Crippen LogP contribution >= 0.6 is 0 Å². The van der Waals surface area contributed by atoms with Gasteiger partial charge >= 0.3 is 6.09 Å². The minimum absolute atomic E-state index is 0.0210. The van der Waals surface area contributed by atoms with Crippen LogP contribution in [0.3, 0.4) is 0 Å². The van der Waals surface area contributed by atoms with Gasteiger partial charge in [-0.05, 0) is 286 Å². The van der Waals surface area contributed by atoms with Crippen LogP contribution in [0.15, 0.2) is 134 Å². The minimum Gasteiger partial charge on any atom is -0.490 e. The first-order valence-electron chi connectivity index (χ1n) is 49.6. The summed E-state index contributed by atoms with van der Waals surface area (Å²) in [7, 11) is -4.00. The van der Waals surface area contributed by atoms with Crippen LogP contribution in [0.5, 0.6) is 17.2 Å². The predicted octanol–water partition coefficient (Wildman–Crippen LogP) is 19.5. The Labute approximate surface area is 789 Å². The molecule has 6 aromatic rings. The van der Waals surface area contributed by atoms with E-state index in [1.807, 2.05) is 50.6 Å². The standard InChI is InChI=1S/2C36H48N2O5S.C35H45N3O6S/c2*1-4-29(39)22-44(41)18-7-5-6-10-33(42-3)30-14-12-28(30)21-38-23-36(17-8-9-26-19-25(2)11-15-31(26)36)24-43-34-16-13-27(20-32(34)38)35(40)37-44;1-4-43-34(40)37-45(41)18-7-5-6-10-31(42-3)28-14-12-27(28)21-38-22-35(17-8-9-25-19-24(2)11-15-29(25)35)23-44-32-16-13-26(20-30(32)38)33(39)36-45/h2*11,13,15-16,19-20,28,30,33H,4-10,12,14,17-18,21-24H2,1-3H3;6,10-11,13,15-16,19-20,27-28,31H,4-5,7-9,12,14,17-18,21-23H2,1-3H3,(H,36,37,39,40,41)/b;;10-6+/t28-,30+,33-,36-,44+;28-,30+,33-,36-,44-;27-,28+,31-,35-,45?/m000/s1. The summed E-state index contributed by atoms with van der Waals surface area (Å²) in [6.07, 6.45) is 28.9. The van der Waals surface area contributed by atoms with Gasteiger partial charge in [-0.1, -0.05) is 123 Å². The minimum atomic E-state index is -3.42. The topological polar surface area (TPSA) is 277 Å². The van der Waals surface area contributed by atoms with Gasteiger partial charge in [0.1, 0.15) is 38.7 Å². The van der Waals surface area contributed by atoms with Gasteiger partial charge in [-0.15, -0.1) is 4.36 Å². The fourth-order valence-electron chi connectivity index (χ4n) is 23.7. The normalized spacial score (nSPS) is 30.6. The maximum absolute atomic E-state index is 13.9. The fraction of sp³-hybridized carbons (Fsp3) is 0.589. The first-order chi connectivity index (χ1) is 64.2. The van der Waals surface area contributed by atoms with Gasteiger partial charge in [-0.25, -0.2) is 22.1 Å². The van der Waals surface area contributed by atoms with Gasteiger partial charge in [0, 0.05) is 118 Å². The number of carbonyl (C=O) groups excluding carboxylic acids is 6. The molecule has 18 rings (SSSR count). The monoisotopic (exact) mass is 1880 g/mol. The van der Waals surface area contributed by atoms with E-state index >= 15 is 0 Å². The molecule has 0 aromatic heterocycles. The Morgan fingerprint density at radius 3 is 1.20 bits per heavy atom. The maximum Gasteiger partial charge on any atom is 0.419 e. The summed E-state index contributed by atoms with van der Waals surface area (Å²) >= 11 is 0. The second-order valence-corrected chi connectivity index (χ2v) is 47.3. The lowest BCUT2D eigenvalue weighted by Crippen LogP contribution is -2.49. The highest BCUT2D eigenvalue weighted by Crippen LogP contribution is 2.53. The van der Waals surface area contributed by atoms with Crippen molar-refractivity contribution in [2.45, 2.75) is 249 Å². The average Bonchev–Trinajstić information content (AvgIpc) is 1.69. The van der Waals surface area contributed by atoms with Gasteiger partial charge in [0.05, 0.1) is 98.5 Å². The third kappa shape index (κ3) is 22.1. The molecule has 6 bridgehead atoms. The summed E-state index contributed by atoms with van der Waals surface area (Å²) < 4.78 is 99.9. The lowest BCUT2D eigenvalue weighted by molar-refractivity contribution is -0.117. The number of hydrogen-bond acceptors (Lipinski definition) is 19. The number of fused-ring (bicyclic) bond motifs is 12. The van der Waals surface area contributed by atoms with Gasteiger partial charge in [0.2, 0.25) is 0 Å². The summed E-state index contributed by atoms with van der Waals surface area (Å²) in [6, 6.07) is 37.0. The number of nitrogens with zero attached hydrogens (tertiary/aromatic N) is 6. The molecule has 0 saturated heterocycles. The molecule has 6 aliphatic heterocycles. The van der Waals surface area contributed by atoms with Gasteiger partial charge in [-0.2, -0.15) is 8.73 Å². The molecule has 26 heteroatoms. The Bertz CT molecular complexity index is 5520. The van der Waals surface area contributed by atoms with E-state index in [2.05, 4.69) is 120 Å². The first-order valence-corrected chi connectivity index (χ1v) is 55.0. The lowest BCUT2D eigenvalue weighted by atomic mass is 9.68. The molecule has 3 saturated carbocycles. The number of ketones is 2. The quantitative estimate of drug-likeness (QED) is 0.118. The molecule has 23 nitrogen and oxygen atoms in total. The Morgan fingerprint density at radius 2 is 0.835 bits per heavy atom. The summed E-state index contributed by atoms with van der Waals surface area (Å²) in [5.41, 5.74) is 15.5. The van der Waals surface area contributed by atoms with Crippen molar-refractivity contribution < 1.29 is 74.6 Å². The number of hydrogen-bond donors (Lipinski definition) is 1. The van der Waals surface area contributed by atoms with E-state index in [9.17, 15) is 41.4 Å². The zero-order valence-electron chi connectivity index (χ0n) is 79.9. The van der Waals surface area contributed by atoms with Crippen LogP contribution < -0.4 is 33.6 Å². The Kier molecular flexibility index (Phi) is 31.1. The third-order valence-corrected chi connectivity index (χ3v) is 37.5. The van der Waals surface area contributed by atoms with Crippen LogP contribution in [-0.4, -0.2) is 182 Å². The molecule has 3 spiro atoms. The Balaban J connectivity index is 0.000000145. The van der Waals surface area contributed by atoms with Gasteiger partial charge in [0.15, 0.2) is 0 Å². The highest BCUT2D eigenvalue weighted by atomic mass is 32.2. The van der Waals surface area contributed by atoms with Crippen LogP contribution in [0.25, 0.3) is 0 Å². The van der Waals surface area contributed by atoms with Crippen molar-refractivity contribution in [2.75, 3.05) is 130 Å². The smallest absolute Gasteiger partial charge is 0.419 e. The number of methoxy groups -OCH3 is 3. The molecule has 15 atom stereocenters. The van der Waals surface area contributed by atoms with E-state index in [0.717, 1.165) is 196 Å².